The zero-order chi connectivity index (χ0) is 22.4. The van der Waals surface area contributed by atoms with Crippen molar-refractivity contribution in [2.24, 2.45) is 0 Å². The number of halogens is 1. The van der Waals surface area contributed by atoms with Crippen LogP contribution in [0.1, 0.15) is 19.4 Å². The van der Waals surface area contributed by atoms with Gasteiger partial charge in [-0.25, -0.2) is 12.8 Å². The van der Waals surface area contributed by atoms with Crippen LogP contribution in [0.5, 0.6) is 5.75 Å². The lowest BCUT2D eigenvalue weighted by atomic mass is 10.2. The van der Waals surface area contributed by atoms with Crippen molar-refractivity contribution in [1.82, 2.24) is 5.32 Å². The molecule has 0 aliphatic rings. The van der Waals surface area contributed by atoms with E-state index in [1.165, 1.54) is 24.3 Å². The Morgan fingerprint density at radius 2 is 1.81 bits per heavy atom. The highest BCUT2D eigenvalue weighted by atomic mass is 32.2. The van der Waals surface area contributed by atoms with Gasteiger partial charge in [-0.3, -0.25) is 9.10 Å². The van der Waals surface area contributed by atoms with Crippen LogP contribution < -0.4 is 14.4 Å². The van der Waals surface area contributed by atoms with Gasteiger partial charge < -0.3 is 10.1 Å². The fraction of sp³-hybridized carbons (Fsp3) is 0.227. The van der Waals surface area contributed by atoms with E-state index >= 15 is 0 Å². The number of para-hydroxylation sites is 1. The first kappa shape index (κ1) is 22.8. The number of nitrogens with zero attached hydrogens (tertiary/aromatic N) is 1. The van der Waals surface area contributed by atoms with Crippen LogP contribution in [0.2, 0.25) is 0 Å². The second-order valence-corrected chi connectivity index (χ2v) is 10.0. The van der Waals surface area contributed by atoms with E-state index in [2.05, 4.69) is 5.32 Å². The number of hydrogen-bond donors (Lipinski definition) is 1. The lowest BCUT2D eigenvalue weighted by Gasteiger charge is -2.23. The molecule has 3 aromatic rings. The van der Waals surface area contributed by atoms with Gasteiger partial charge in [-0.1, -0.05) is 30.3 Å². The Balaban J connectivity index is 1.74. The molecule has 6 nitrogen and oxygen atoms in total. The van der Waals surface area contributed by atoms with Crippen LogP contribution in [0.25, 0.3) is 0 Å². The molecule has 1 amide bonds. The van der Waals surface area contributed by atoms with Crippen molar-refractivity contribution in [2.45, 2.75) is 30.7 Å². The Hall–Kier alpha value is -2.91. The highest BCUT2D eigenvalue weighted by Gasteiger charge is 2.29. The first-order valence-electron chi connectivity index (χ1n) is 9.60. The Morgan fingerprint density at radius 1 is 1.10 bits per heavy atom. The van der Waals surface area contributed by atoms with Crippen LogP contribution in [-0.2, 0) is 21.4 Å². The molecular weight excluding hydrogens is 439 g/mol. The van der Waals surface area contributed by atoms with Gasteiger partial charge in [0.05, 0.1) is 11.8 Å². The van der Waals surface area contributed by atoms with Gasteiger partial charge in [0.15, 0.2) is 0 Å². The van der Waals surface area contributed by atoms with Gasteiger partial charge in [0, 0.05) is 6.54 Å². The SMILES string of the molecule is CC(C)Oc1ccc(CNC(=O)CN(c2ccccc2F)S(=O)(=O)c2cccs2)cc1. The minimum absolute atomic E-state index is 0.0318. The smallest absolute Gasteiger partial charge is 0.274 e. The molecule has 0 bridgehead atoms. The third kappa shape index (κ3) is 5.83. The third-order valence-corrected chi connectivity index (χ3v) is 7.37. The summed E-state index contributed by atoms with van der Waals surface area (Å²) in [5.74, 6) is -0.556. The van der Waals surface area contributed by atoms with Crippen molar-refractivity contribution in [2.75, 3.05) is 10.8 Å². The monoisotopic (exact) mass is 462 g/mol. The lowest BCUT2D eigenvalue weighted by molar-refractivity contribution is -0.119. The summed E-state index contributed by atoms with van der Waals surface area (Å²) in [6.45, 7) is 3.51. The maximum absolute atomic E-state index is 14.4. The van der Waals surface area contributed by atoms with Gasteiger partial charge in [-0.2, -0.15) is 0 Å². The highest BCUT2D eigenvalue weighted by Crippen LogP contribution is 2.28. The molecule has 0 radical (unpaired) electrons. The fourth-order valence-corrected chi connectivity index (χ4v) is 5.35. The second-order valence-electron chi connectivity index (χ2n) is 6.98. The molecule has 9 heteroatoms. The molecule has 0 unspecified atom stereocenters. The van der Waals surface area contributed by atoms with Gasteiger partial charge in [-0.05, 0) is 55.1 Å². The van der Waals surface area contributed by atoms with Gasteiger partial charge in [0.1, 0.15) is 22.3 Å². The Kier molecular flexibility index (Phi) is 7.29. The van der Waals surface area contributed by atoms with Crippen molar-refractivity contribution < 1.29 is 22.3 Å². The average Bonchev–Trinajstić information content (AvgIpc) is 3.27. The number of hydrogen-bond acceptors (Lipinski definition) is 5. The predicted octanol–water partition coefficient (Wildman–Crippen LogP) is 4.19. The number of ether oxygens (including phenoxy) is 1. The molecule has 3 rings (SSSR count). The van der Waals surface area contributed by atoms with E-state index in [1.54, 1.807) is 23.6 Å². The first-order valence-corrected chi connectivity index (χ1v) is 11.9. The Labute approximate surface area is 185 Å². The van der Waals surface area contributed by atoms with E-state index in [0.29, 0.717) is 0 Å². The summed E-state index contributed by atoms with van der Waals surface area (Å²) in [4.78, 5) is 12.6. The zero-order valence-electron chi connectivity index (χ0n) is 17.1. The molecule has 1 N–H and O–H groups in total. The van der Waals surface area contributed by atoms with E-state index in [1.807, 2.05) is 26.0 Å². The van der Waals surface area contributed by atoms with E-state index in [0.717, 1.165) is 33.0 Å². The summed E-state index contributed by atoms with van der Waals surface area (Å²) < 4.78 is 46.9. The molecule has 1 aromatic heterocycles. The summed E-state index contributed by atoms with van der Waals surface area (Å²) in [7, 11) is -4.09. The molecule has 2 aromatic carbocycles. The molecule has 0 fully saturated rings. The van der Waals surface area contributed by atoms with Crippen molar-refractivity contribution in [3.8, 4) is 5.75 Å². The highest BCUT2D eigenvalue weighted by molar-refractivity contribution is 7.94. The van der Waals surface area contributed by atoms with E-state index in [9.17, 15) is 17.6 Å². The van der Waals surface area contributed by atoms with Gasteiger partial charge in [0.25, 0.3) is 10.0 Å². The van der Waals surface area contributed by atoms with Crippen LogP contribution in [0, 0.1) is 5.82 Å². The predicted molar refractivity (Wildman–Crippen MR) is 119 cm³/mol. The molecule has 0 aliphatic heterocycles. The van der Waals surface area contributed by atoms with Gasteiger partial charge in [0.2, 0.25) is 5.91 Å². The van der Waals surface area contributed by atoms with Crippen LogP contribution >= 0.6 is 11.3 Å². The number of nitrogens with one attached hydrogen (secondary N) is 1. The summed E-state index contributed by atoms with van der Waals surface area (Å²) >= 11 is 1.01. The van der Waals surface area contributed by atoms with Crippen LogP contribution in [0.15, 0.2) is 70.3 Å². The Morgan fingerprint density at radius 3 is 2.42 bits per heavy atom. The standard InChI is InChI=1S/C22H23FN2O4S2/c1-16(2)29-18-11-9-17(10-12-18)14-24-21(26)15-25(20-7-4-3-6-19(20)23)31(27,28)22-8-5-13-30-22/h3-13,16H,14-15H2,1-2H3,(H,24,26). The maximum Gasteiger partial charge on any atom is 0.274 e. The summed E-state index contributed by atoms with van der Waals surface area (Å²) in [5.41, 5.74) is 0.643. The van der Waals surface area contributed by atoms with Crippen LogP contribution in [0.3, 0.4) is 0 Å². The quantitative estimate of drug-likeness (QED) is 0.518. The van der Waals surface area contributed by atoms with Crippen LogP contribution in [0.4, 0.5) is 10.1 Å². The molecule has 0 spiro atoms. The minimum Gasteiger partial charge on any atom is -0.491 e. The summed E-state index contributed by atoms with van der Waals surface area (Å²) in [6.07, 6.45) is 0.0558. The maximum atomic E-state index is 14.4. The number of rotatable bonds is 9. The molecule has 0 aliphatic carbocycles. The number of thiophene rings is 1. The number of anilines is 1. The van der Waals surface area contributed by atoms with E-state index in [4.69, 9.17) is 4.74 Å². The second kappa shape index (κ2) is 9.93. The van der Waals surface area contributed by atoms with Crippen LogP contribution in [-0.4, -0.2) is 27.0 Å². The molecule has 1 heterocycles. The summed E-state index contributed by atoms with van der Waals surface area (Å²) in [5, 5.41) is 4.30. The molecule has 0 atom stereocenters. The molecule has 31 heavy (non-hydrogen) atoms. The van der Waals surface area contributed by atoms with Crippen molar-refractivity contribution >= 4 is 33.0 Å². The largest absolute Gasteiger partial charge is 0.491 e. The van der Waals surface area contributed by atoms with Crippen molar-refractivity contribution in [3.05, 3.63) is 77.4 Å². The topological polar surface area (TPSA) is 75.7 Å². The number of carbonyl (C=O) groups excluding carboxylic acids is 1. The Bertz CT molecular complexity index is 1110. The fourth-order valence-electron chi connectivity index (χ4n) is 2.82. The summed E-state index contributed by atoms with van der Waals surface area (Å²) in [6, 6.07) is 15.7. The normalized spacial score (nSPS) is 11.4. The number of benzene rings is 2. The van der Waals surface area contributed by atoms with E-state index in [-0.39, 0.29) is 22.5 Å². The van der Waals surface area contributed by atoms with Crippen molar-refractivity contribution in [1.29, 1.82) is 0 Å². The molecule has 0 saturated carbocycles. The lowest BCUT2D eigenvalue weighted by Crippen LogP contribution is -2.40. The van der Waals surface area contributed by atoms with E-state index < -0.39 is 28.3 Å². The number of carbonyl (C=O) groups is 1. The number of sulfonamides is 1. The van der Waals surface area contributed by atoms with Crippen molar-refractivity contribution in [3.63, 3.8) is 0 Å². The molecule has 0 saturated heterocycles. The molecular formula is C22H23FN2O4S2. The van der Waals surface area contributed by atoms with Gasteiger partial charge >= 0.3 is 0 Å². The minimum atomic E-state index is -4.09. The zero-order valence-corrected chi connectivity index (χ0v) is 18.8. The van der Waals surface area contributed by atoms with Gasteiger partial charge in [-0.15, -0.1) is 11.3 Å². The number of amides is 1. The first-order chi connectivity index (χ1) is 14.8. The third-order valence-electron chi connectivity index (χ3n) is 4.23. The average molecular weight is 463 g/mol. The molecule has 164 valence electrons.